The van der Waals surface area contributed by atoms with Gasteiger partial charge in [-0.25, -0.2) is 9.97 Å². The van der Waals surface area contributed by atoms with Crippen LogP contribution in [0.1, 0.15) is 38.4 Å². The molecule has 0 aliphatic carbocycles. The Labute approximate surface area is 161 Å². The van der Waals surface area contributed by atoms with Gasteiger partial charge in [-0.05, 0) is 45.4 Å². The Hall–Kier alpha value is -2.63. The summed E-state index contributed by atoms with van der Waals surface area (Å²) in [5, 5.41) is 0. The van der Waals surface area contributed by atoms with E-state index in [1.54, 1.807) is 0 Å². The number of hydrogen-bond acceptors (Lipinski definition) is 6. The molecule has 2 aromatic heterocycles. The molecule has 3 heterocycles. The Morgan fingerprint density at radius 3 is 2.48 bits per heavy atom. The van der Waals surface area contributed by atoms with Crippen molar-refractivity contribution >= 4 is 17.8 Å². The van der Waals surface area contributed by atoms with E-state index < -0.39 is 0 Å². The maximum Gasteiger partial charge on any atom is 0.229 e. The molecule has 6 heteroatoms. The highest BCUT2D eigenvalue weighted by molar-refractivity contribution is 5.55. The van der Waals surface area contributed by atoms with Crippen molar-refractivity contribution in [3.8, 4) is 5.88 Å². The Bertz CT molecular complexity index is 768. The van der Waals surface area contributed by atoms with Crippen LogP contribution in [0.5, 0.6) is 5.88 Å². The van der Waals surface area contributed by atoms with E-state index >= 15 is 0 Å². The number of pyridine rings is 1. The van der Waals surface area contributed by atoms with Gasteiger partial charge in [-0.1, -0.05) is 19.1 Å². The van der Waals surface area contributed by atoms with Gasteiger partial charge in [0, 0.05) is 37.9 Å². The minimum atomic E-state index is 0.0791. The number of hydrogen-bond donors (Lipinski definition) is 0. The summed E-state index contributed by atoms with van der Waals surface area (Å²) in [7, 11) is 0. The fourth-order valence-electron chi connectivity index (χ4n) is 3.05. The Morgan fingerprint density at radius 1 is 1.11 bits per heavy atom. The van der Waals surface area contributed by atoms with Gasteiger partial charge in [-0.2, -0.15) is 4.98 Å². The van der Waals surface area contributed by atoms with E-state index in [0.717, 1.165) is 55.6 Å². The lowest BCUT2D eigenvalue weighted by Gasteiger charge is -2.35. The third-order valence-corrected chi connectivity index (χ3v) is 4.52. The van der Waals surface area contributed by atoms with Gasteiger partial charge in [0.25, 0.3) is 0 Å². The highest BCUT2D eigenvalue weighted by atomic mass is 16.5. The molecule has 0 unspecified atom stereocenters. The van der Waals surface area contributed by atoms with E-state index in [4.69, 9.17) is 14.7 Å². The predicted octanol–water partition coefficient (Wildman–Crippen LogP) is 3.72. The zero-order valence-electron chi connectivity index (χ0n) is 16.7. The molecule has 6 nitrogen and oxygen atoms in total. The van der Waals surface area contributed by atoms with Crippen LogP contribution in [0.3, 0.4) is 0 Å². The fraction of sp³-hybridized carbons (Fsp3) is 0.476. The number of allylic oxidation sites excluding steroid dienone is 1. The molecule has 3 rings (SSSR count). The summed E-state index contributed by atoms with van der Waals surface area (Å²) in [5.74, 6) is 2.45. The van der Waals surface area contributed by atoms with Gasteiger partial charge < -0.3 is 14.5 Å². The number of piperazine rings is 1. The average Bonchev–Trinajstić information content (AvgIpc) is 2.69. The van der Waals surface area contributed by atoms with Crippen LogP contribution in [-0.4, -0.2) is 47.2 Å². The van der Waals surface area contributed by atoms with Crippen LogP contribution in [-0.2, 0) is 0 Å². The van der Waals surface area contributed by atoms with Gasteiger partial charge in [0.15, 0.2) is 0 Å². The van der Waals surface area contributed by atoms with Crippen LogP contribution in [0, 0.1) is 6.92 Å². The van der Waals surface area contributed by atoms with Crippen LogP contribution in [0.15, 0.2) is 30.5 Å². The van der Waals surface area contributed by atoms with Crippen LogP contribution < -0.4 is 14.5 Å². The van der Waals surface area contributed by atoms with Gasteiger partial charge in [-0.3, -0.25) is 0 Å². The normalized spacial score (nSPS) is 15.0. The first-order chi connectivity index (χ1) is 13.1. The molecule has 0 radical (unpaired) electrons. The number of nitrogens with zero attached hydrogens (tertiary/aromatic N) is 5. The Balaban J connectivity index is 1.80. The highest BCUT2D eigenvalue weighted by Gasteiger charge is 2.22. The summed E-state index contributed by atoms with van der Waals surface area (Å²) >= 11 is 0. The van der Waals surface area contributed by atoms with Gasteiger partial charge in [0.05, 0.1) is 11.8 Å². The molecule has 1 saturated heterocycles. The van der Waals surface area contributed by atoms with E-state index in [9.17, 15) is 0 Å². The SMILES string of the molecule is CC/C=C\c1nc(N2CCN(c3ccccn3)CC2)nc(OC(C)C)c1C. The lowest BCUT2D eigenvalue weighted by Crippen LogP contribution is -2.47. The molecule has 1 fully saturated rings. The molecule has 2 aromatic rings. The first kappa shape index (κ1) is 19.1. The molecule has 0 N–H and O–H groups in total. The molecule has 0 spiro atoms. The summed E-state index contributed by atoms with van der Waals surface area (Å²) < 4.78 is 5.96. The topological polar surface area (TPSA) is 54.4 Å². The van der Waals surface area contributed by atoms with Crippen LogP contribution in [0.4, 0.5) is 11.8 Å². The van der Waals surface area contributed by atoms with Crippen molar-refractivity contribution in [3.05, 3.63) is 41.7 Å². The van der Waals surface area contributed by atoms with Crippen molar-refractivity contribution in [3.63, 3.8) is 0 Å². The molecular weight excluding hydrogens is 338 g/mol. The number of aromatic nitrogens is 3. The molecular formula is C21H29N5O. The van der Waals surface area contributed by atoms with Crippen molar-refractivity contribution in [2.24, 2.45) is 0 Å². The van der Waals surface area contributed by atoms with E-state index in [1.165, 1.54) is 0 Å². The lowest BCUT2D eigenvalue weighted by atomic mass is 10.2. The molecule has 0 bridgehead atoms. The summed E-state index contributed by atoms with van der Waals surface area (Å²) in [6.07, 6.45) is 7.08. The summed E-state index contributed by atoms with van der Waals surface area (Å²) in [5.41, 5.74) is 1.92. The summed E-state index contributed by atoms with van der Waals surface area (Å²) in [6, 6.07) is 6.03. The number of anilines is 2. The van der Waals surface area contributed by atoms with Crippen molar-refractivity contribution in [2.75, 3.05) is 36.0 Å². The first-order valence-corrected chi connectivity index (χ1v) is 9.71. The van der Waals surface area contributed by atoms with Gasteiger partial charge in [0.1, 0.15) is 5.82 Å². The van der Waals surface area contributed by atoms with Crippen LogP contribution in [0.25, 0.3) is 6.08 Å². The van der Waals surface area contributed by atoms with Crippen molar-refractivity contribution < 1.29 is 4.74 Å². The van der Waals surface area contributed by atoms with E-state index in [1.807, 2.05) is 39.1 Å². The standard InChI is InChI=1S/C21H29N5O/c1-5-6-9-18-17(4)20(27-16(2)3)24-21(23-18)26-14-12-25(13-15-26)19-10-7-8-11-22-19/h6-11,16H,5,12-15H2,1-4H3/b9-6-. The fourth-order valence-corrected chi connectivity index (χ4v) is 3.05. The van der Waals surface area contributed by atoms with Gasteiger partial charge in [-0.15, -0.1) is 0 Å². The van der Waals surface area contributed by atoms with Crippen molar-refractivity contribution in [1.82, 2.24) is 15.0 Å². The zero-order valence-corrected chi connectivity index (χ0v) is 16.7. The molecule has 0 aromatic carbocycles. The van der Waals surface area contributed by atoms with Crippen molar-refractivity contribution in [1.29, 1.82) is 0 Å². The minimum Gasteiger partial charge on any atom is -0.475 e. The molecule has 1 aliphatic rings. The molecule has 144 valence electrons. The molecule has 0 amide bonds. The Morgan fingerprint density at radius 2 is 1.85 bits per heavy atom. The monoisotopic (exact) mass is 367 g/mol. The number of ether oxygens (including phenoxy) is 1. The maximum absolute atomic E-state index is 5.96. The van der Waals surface area contributed by atoms with Gasteiger partial charge in [0.2, 0.25) is 11.8 Å². The molecule has 27 heavy (non-hydrogen) atoms. The lowest BCUT2D eigenvalue weighted by molar-refractivity contribution is 0.230. The Kier molecular flexibility index (Phi) is 6.27. The van der Waals surface area contributed by atoms with Crippen LogP contribution in [0.2, 0.25) is 0 Å². The van der Waals surface area contributed by atoms with E-state index in [2.05, 4.69) is 39.9 Å². The summed E-state index contributed by atoms with van der Waals surface area (Å²) in [4.78, 5) is 18.5. The smallest absolute Gasteiger partial charge is 0.229 e. The van der Waals surface area contributed by atoms with Gasteiger partial charge >= 0.3 is 0 Å². The number of rotatable bonds is 6. The minimum absolute atomic E-state index is 0.0791. The summed E-state index contributed by atoms with van der Waals surface area (Å²) in [6.45, 7) is 11.7. The quantitative estimate of drug-likeness (QED) is 0.776. The van der Waals surface area contributed by atoms with Crippen molar-refractivity contribution in [2.45, 2.75) is 40.2 Å². The second-order valence-electron chi connectivity index (χ2n) is 6.98. The predicted molar refractivity (Wildman–Crippen MR) is 111 cm³/mol. The first-order valence-electron chi connectivity index (χ1n) is 9.71. The zero-order chi connectivity index (χ0) is 19.2. The maximum atomic E-state index is 5.96. The average molecular weight is 367 g/mol. The van der Waals surface area contributed by atoms with E-state index in [0.29, 0.717) is 5.88 Å². The second kappa shape index (κ2) is 8.84. The molecule has 1 aliphatic heterocycles. The third kappa shape index (κ3) is 4.76. The second-order valence-corrected chi connectivity index (χ2v) is 6.98. The largest absolute Gasteiger partial charge is 0.475 e. The third-order valence-electron chi connectivity index (χ3n) is 4.52. The molecule has 0 saturated carbocycles. The van der Waals surface area contributed by atoms with Crippen LogP contribution >= 0.6 is 0 Å². The molecule has 0 atom stereocenters. The van der Waals surface area contributed by atoms with E-state index in [-0.39, 0.29) is 6.10 Å². The highest BCUT2D eigenvalue weighted by Crippen LogP contribution is 2.25.